The van der Waals surface area contributed by atoms with Crippen LogP contribution < -0.4 is 5.32 Å². The quantitative estimate of drug-likeness (QED) is 0.694. The van der Waals surface area contributed by atoms with Gasteiger partial charge in [0.15, 0.2) is 12.2 Å². The largest absolute Gasteiger partial charge is 0.380 e. The monoisotopic (exact) mass is 326 g/mol. The van der Waals surface area contributed by atoms with Crippen LogP contribution in [-0.4, -0.2) is 58.8 Å². The molecule has 1 aliphatic rings. The third-order valence-corrected chi connectivity index (χ3v) is 4.68. The first-order chi connectivity index (χ1) is 10.6. The Morgan fingerprint density at radius 2 is 1.95 bits per heavy atom. The molecule has 2 heterocycles. The molecule has 7 heteroatoms. The number of nitrogens with zero attached hydrogens (tertiary/aromatic N) is 1. The van der Waals surface area contributed by atoms with Gasteiger partial charge in [0.25, 0.3) is 11.8 Å². The molecular weight excluding hydrogens is 304 g/mol. The molecule has 3 N–H and O–H groups in total. The number of carbonyl (C=O) groups excluding carboxylic acids is 2. The lowest BCUT2D eigenvalue weighted by Gasteiger charge is -2.29. The van der Waals surface area contributed by atoms with Crippen molar-refractivity contribution in [3.8, 4) is 0 Å². The Labute approximate surface area is 133 Å². The number of likely N-dealkylation sites (tertiary alicyclic amines) is 1. The van der Waals surface area contributed by atoms with E-state index in [1.165, 1.54) is 4.90 Å². The molecule has 0 aliphatic carbocycles. The van der Waals surface area contributed by atoms with Gasteiger partial charge in [0.05, 0.1) is 0 Å². The molecule has 1 aliphatic heterocycles. The van der Waals surface area contributed by atoms with Crippen LogP contribution in [-0.2, 0) is 16.0 Å². The second-order valence-corrected chi connectivity index (χ2v) is 6.43. The Balaban J connectivity index is 1.77. The van der Waals surface area contributed by atoms with Crippen LogP contribution in [0.1, 0.15) is 24.1 Å². The Morgan fingerprint density at radius 3 is 2.59 bits per heavy atom. The molecule has 0 saturated carbocycles. The number of carbonyl (C=O) groups is 2. The van der Waals surface area contributed by atoms with Crippen molar-refractivity contribution < 1.29 is 19.8 Å². The summed E-state index contributed by atoms with van der Waals surface area (Å²) in [6.07, 6.45) is 0.0822. The lowest BCUT2D eigenvalue weighted by molar-refractivity contribution is -0.153. The van der Waals surface area contributed by atoms with Crippen molar-refractivity contribution in [1.82, 2.24) is 10.2 Å². The number of piperidine rings is 1. The van der Waals surface area contributed by atoms with E-state index in [9.17, 15) is 19.8 Å². The third-order valence-electron chi connectivity index (χ3n) is 3.74. The van der Waals surface area contributed by atoms with Crippen LogP contribution in [0.3, 0.4) is 0 Å². The Kier molecular flexibility index (Phi) is 6.35. The molecule has 0 aromatic carbocycles. The SMILES string of the molecule is O=C(NCCc1cccs1)C(O)C(O)C(=O)N1CCCCC1. The highest BCUT2D eigenvalue weighted by Gasteiger charge is 2.33. The Bertz CT molecular complexity index is 486. The average molecular weight is 326 g/mol. The molecule has 2 rings (SSSR count). The Morgan fingerprint density at radius 1 is 1.23 bits per heavy atom. The van der Waals surface area contributed by atoms with Gasteiger partial charge in [0, 0.05) is 24.5 Å². The number of thiophene rings is 1. The van der Waals surface area contributed by atoms with Crippen LogP contribution in [0.4, 0.5) is 0 Å². The van der Waals surface area contributed by atoms with Gasteiger partial charge in [-0.25, -0.2) is 0 Å². The zero-order valence-electron chi connectivity index (χ0n) is 12.4. The minimum atomic E-state index is -1.72. The van der Waals surface area contributed by atoms with Crippen LogP contribution >= 0.6 is 11.3 Å². The van der Waals surface area contributed by atoms with Crippen molar-refractivity contribution >= 4 is 23.2 Å². The fraction of sp³-hybridized carbons (Fsp3) is 0.600. The van der Waals surface area contributed by atoms with Crippen LogP contribution in [0.15, 0.2) is 17.5 Å². The number of aliphatic hydroxyl groups is 2. The Hall–Kier alpha value is -1.44. The first kappa shape index (κ1) is 16.9. The summed E-state index contributed by atoms with van der Waals surface area (Å²) in [4.78, 5) is 26.5. The van der Waals surface area contributed by atoms with E-state index < -0.39 is 24.0 Å². The fourth-order valence-corrected chi connectivity index (χ4v) is 3.16. The summed E-state index contributed by atoms with van der Waals surface area (Å²) < 4.78 is 0. The first-order valence-electron chi connectivity index (χ1n) is 7.54. The summed E-state index contributed by atoms with van der Waals surface area (Å²) in [5.41, 5.74) is 0. The highest BCUT2D eigenvalue weighted by atomic mass is 32.1. The standard InChI is InChI=1S/C15H22N2O4S/c18-12(13(19)15(21)17-8-2-1-3-9-17)14(20)16-7-6-11-5-4-10-22-11/h4-5,10,12-13,18-19H,1-3,6-9H2,(H,16,20). The van der Waals surface area contributed by atoms with Crippen molar-refractivity contribution in [3.63, 3.8) is 0 Å². The maximum absolute atomic E-state index is 12.0. The van der Waals surface area contributed by atoms with Gasteiger partial charge in [-0.15, -0.1) is 11.3 Å². The summed E-state index contributed by atoms with van der Waals surface area (Å²) in [5, 5.41) is 24.2. The number of aliphatic hydroxyl groups excluding tert-OH is 2. The van der Waals surface area contributed by atoms with E-state index in [2.05, 4.69) is 5.32 Å². The van der Waals surface area contributed by atoms with Crippen LogP contribution in [0.25, 0.3) is 0 Å². The van der Waals surface area contributed by atoms with E-state index in [-0.39, 0.29) is 0 Å². The van der Waals surface area contributed by atoms with E-state index in [0.717, 1.165) is 24.1 Å². The van der Waals surface area contributed by atoms with Gasteiger partial charge in [0.1, 0.15) is 0 Å². The smallest absolute Gasteiger partial charge is 0.254 e. The van der Waals surface area contributed by atoms with Crippen LogP contribution in [0.5, 0.6) is 0 Å². The summed E-state index contributed by atoms with van der Waals surface area (Å²) in [7, 11) is 0. The lowest BCUT2D eigenvalue weighted by atomic mass is 10.1. The molecule has 0 bridgehead atoms. The molecule has 2 atom stereocenters. The van der Waals surface area contributed by atoms with Crippen molar-refractivity contribution in [3.05, 3.63) is 22.4 Å². The highest BCUT2D eigenvalue weighted by molar-refractivity contribution is 7.09. The molecule has 6 nitrogen and oxygen atoms in total. The average Bonchev–Trinajstić information content (AvgIpc) is 3.06. The van der Waals surface area contributed by atoms with E-state index in [1.54, 1.807) is 11.3 Å². The number of amides is 2. The molecule has 1 saturated heterocycles. The van der Waals surface area contributed by atoms with Gasteiger partial charge in [-0.2, -0.15) is 0 Å². The molecule has 1 fully saturated rings. The molecule has 1 aromatic heterocycles. The number of nitrogens with one attached hydrogen (secondary N) is 1. The molecule has 1 aromatic rings. The molecule has 2 unspecified atom stereocenters. The predicted octanol–water partition coefficient (Wildman–Crippen LogP) is 0.141. The van der Waals surface area contributed by atoms with Crippen LogP contribution in [0.2, 0.25) is 0 Å². The fourth-order valence-electron chi connectivity index (χ4n) is 2.45. The zero-order chi connectivity index (χ0) is 15.9. The van der Waals surface area contributed by atoms with Crippen molar-refractivity contribution in [1.29, 1.82) is 0 Å². The van der Waals surface area contributed by atoms with E-state index in [1.807, 2.05) is 17.5 Å². The molecule has 0 spiro atoms. The number of hydrogen-bond acceptors (Lipinski definition) is 5. The van der Waals surface area contributed by atoms with Crippen molar-refractivity contribution in [2.45, 2.75) is 37.9 Å². The molecular formula is C15H22N2O4S. The topological polar surface area (TPSA) is 89.9 Å². The molecule has 122 valence electrons. The first-order valence-corrected chi connectivity index (χ1v) is 8.42. The third kappa shape index (κ3) is 4.53. The molecule has 0 radical (unpaired) electrons. The summed E-state index contributed by atoms with van der Waals surface area (Å²) in [6, 6.07) is 3.89. The summed E-state index contributed by atoms with van der Waals surface area (Å²) in [5.74, 6) is -1.28. The van der Waals surface area contributed by atoms with Crippen molar-refractivity contribution in [2.24, 2.45) is 0 Å². The highest BCUT2D eigenvalue weighted by Crippen LogP contribution is 2.11. The van der Waals surface area contributed by atoms with Gasteiger partial charge in [-0.05, 0) is 37.1 Å². The van der Waals surface area contributed by atoms with Gasteiger partial charge >= 0.3 is 0 Å². The van der Waals surface area contributed by atoms with E-state index in [0.29, 0.717) is 26.1 Å². The van der Waals surface area contributed by atoms with E-state index >= 15 is 0 Å². The van der Waals surface area contributed by atoms with Gasteiger partial charge < -0.3 is 20.4 Å². The maximum atomic E-state index is 12.0. The van der Waals surface area contributed by atoms with E-state index in [4.69, 9.17) is 0 Å². The number of rotatable bonds is 6. The van der Waals surface area contributed by atoms with Crippen LogP contribution in [0, 0.1) is 0 Å². The minimum absolute atomic E-state index is 0.362. The minimum Gasteiger partial charge on any atom is -0.380 e. The van der Waals surface area contributed by atoms with Gasteiger partial charge in [-0.1, -0.05) is 6.07 Å². The normalized spacial score (nSPS) is 17.8. The number of hydrogen-bond donors (Lipinski definition) is 3. The van der Waals surface area contributed by atoms with Gasteiger partial charge in [-0.3, -0.25) is 9.59 Å². The van der Waals surface area contributed by atoms with Crippen molar-refractivity contribution in [2.75, 3.05) is 19.6 Å². The zero-order valence-corrected chi connectivity index (χ0v) is 13.2. The lowest BCUT2D eigenvalue weighted by Crippen LogP contribution is -2.52. The molecule has 2 amide bonds. The predicted molar refractivity (Wildman–Crippen MR) is 83.5 cm³/mol. The summed E-state index contributed by atoms with van der Waals surface area (Å²) >= 11 is 1.59. The maximum Gasteiger partial charge on any atom is 0.254 e. The second-order valence-electron chi connectivity index (χ2n) is 5.40. The second kappa shape index (κ2) is 8.26. The molecule has 22 heavy (non-hydrogen) atoms. The van der Waals surface area contributed by atoms with Gasteiger partial charge in [0.2, 0.25) is 0 Å². The summed E-state index contributed by atoms with van der Waals surface area (Å²) in [6.45, 7) is 1.51.